The molecule has 2 aromatic rings. The lowest BCUT2D eigenvalue weighted by atomic mass is 10.1. The molecule has 0 saturated heterocycles. The van der Waals surface area contributed by atoms with Crippen molar-refractivity contribution in [2.75, 3.05) is 11.5 Å². The highest BCUT2D eigenvalue weighted by atomic mass is 16.5. The van der Waals surface area contributed by atoms with E-state index in [4.69, 9.17) is 10.00 Å². The molecule has 0 atom stereocenters. The summed E-state index contributed by atoms with van der Waals surface area (Å²) >= 11 is 0. The third-order valence-corrected chi connectivity index (χ3v) is 3.43. The van der Waals surface area contributed by atoms with Gasteiger partial charge in [0.2, 0.25) is 5.91 Å². The van der Waals surface area contributed by atoms with E-state index in [0.717, 1.165) is 17.0 Å². The third-order valence-electron chi connectivity index (χ3n) is 3.43. The molecule has 1 aliphatic heterocycles. The highest BCUT2D eigenvalue weighted by Gasteiger charge is 2.23. The Morgan fingerprint density at radius 2 is 2.05 bits per heavy atom. The van der Waals surface area contributed by atoms with Gasteiger partial charge in [0.1, 0.15) is 5.75 Å². The summed E-state index contributed by atoms with van der Waals surface area (Å²) in [6, 6.07) is 17.0. The maximum atomic E-state index is 12.3. The van der Waals surface area contributed by atoms with Crippen LogP contribution in [0.5, 0.6) is 5.75 Å². The summed E-state index contributed by atoms with van der Waals surface area (Å²) in [6.45, 7) is 0.833. The molecule has 4 nitrogen and oxygen atoms in total. The van der Waals surface area contributed by atoms with E-state index in [9.17, 15) is 4.79 Å². The fraction of sp³-hybridized carbons (Fsp3) is 0.176. The molecule has 0 aliphatic carbocycles. The second-order valence-corrected chi connectivity index (χ2v) is 4.86. The summed E-state index contributed by atoms with van der Waals surface area (Å²) in [4.78, 5) is 14.0. The standard InChI is InChI=1S/C17H14N2O2/c18-11-13-4-3-5-14(10-13)12-19-15-6-1-2-7-16(15)21-9-8-17(19)20/h1-7,10H,8-9,12H2. The monoisotopic (exact) mass is 278 g/mol. The average Bonchev–Trinajstić information content (AvgIpc) is 2.68. The maximum Gasteiger partial charge on any atom is 0.230 e. The van der Waals surface area contributed by atoms with Gasteiger partial charge in [-0.3, -0.25) is 4.79 Å². The topological polar surface area (TPSA) is 53.3 Å². The van der Waals surface area contributed by atoms with E-state index >= 15 is 0 Å². The lowest BCUT2D eigenvalue weighted by Crippen LogP contribution is -2.29. The molecule has 1 aliphatic rings. The Bertz CT molecular complexity index is 719. The molecule has 0 fully saturated rings. The first-order valence-electron chi connectivity index (χ1n) is 6.79. The average molecular weight is 278 g/mol. The minimum absolute atomic E-state index is 0.0299. The number of carbonyl (C=O) groups excluding carboxylic acids is 1. The highest BCUT2D eigenvalue weighted by Crippen LogP contribution is 2.32. The first-order valence-corrected chi connectivity index (χ1v) is 6.79. The number of carbonyl (C=O) groups is 1. The van der Waals surface area contributed by atoms with E-state index in [0.29, 0.717) is 25.1 Å². The molecule has 0 radical (unpaired) electrons. The zero-order valence-electron chi connectivity index (χ0n) is 11.5. The molecular formula is C17H14N2O2. The van der Waals surface area contributed by atoms with Crippen LogP contribution in [0.1, 0.15) is 17.5 Å². The molecule has 0 N–H and O–H groups in total. The van der Waals surface area contributed by atoms with Crippen molar-refractivity contribution in [2.45, 2.75) is 13.0 Å². The quantitative estimate of drug-likeness (QED) is 0.848. The Hall–Kier alpha value is -2.80. The number of rotatable bonds is 2. The lowest BCUT2D eigenvalue weighted by Gasteiger charge is -2.22. The number of benzene rings is 2. The van der Waals surface area contributed by atoms with Crippen LogP contribution in [-0.4, -0.2) is 12.5 Å². The third kappa shape index (κ3) is 2.72. The van der Waals surface area contributed by atoms with Crippen LogP contribution in [0.2, 0.25) is 0 Å². The van der Waals surface area contributed by atoms with Crippen LogP contribution in [0.25, 0.3) is 0 Å². The highest BCUT2D eigenvalue weighted by molar-refractivity contribution is 5.95. The zero-order valence-corrected chi connectivity index (χ0v) is 11.5. The molecule has 0 spiro atoms. The number of nitrogens with zero attached hydrogens (tertiary/aromatic N) is 2. The largest absolute Gasteiger partial charge is 0.491 e. The van der Waals surface area contributed by atoms with E-state index in [1.54, 1.807) is 11.0 Å². The fourth-order valence-corrected chi connectivity index (χ4v) is 2.41. The van der Waals surface area contributed by atoms with Crippen molar-refractivity contribution < 1.29 is 9.53 Å². The molecule has 0 bridgehead atoms. The number of fused-ring (bicyclic) bond motifs is 1. The van der Waals surface area contributed by atoms with E-state index < -0.39 is 0 Å². The fourth-order valence-electron chi connectivity index (χ4n) is 2.41. The van der Waals surface area contributed by atoms with Crippen LogP contribution in [0, 0.1) is 11.3 Å². The number of amides is 1. The molecule has 21 heavy (non-hydrogen) atoms. The molecule has 4 heteroatoms. The zero-order chi connectivity index (χ0) is 14.7. The van der Waals surface area contributed by atoms with Gasteiger partial charge >= 0.3 is 0 Å². The first-order chi connectivity index (χ1) is 10.3. The molecule has 0 unspecified atom stereocenters. The predicted molar refractivity (Wildman–Crippen MR) is 78.9 cm³/mol. The van der Waals surface area contributed by atoms with Crippen molar-refractivity contribution in [3.8, 4) is 11.8 Å². The van der Waals surface area contributed by atoms with E-state index in [1.807, 2.05) is 42.5 Å². The summed E-state index contributed by atoms with van der Waals surface area (Å²) in [7, 11) is 0. The van der Waals surface area contributed by atoms with E-state index in [2.05, 4.69) is 6.07 Å². The molecular weight excluding hydrogens is 264 g/mol. The van der Waals surface area contributed by atoms with Gasteiger partial charge in [-0.2, -0.15) is 5.26 Å². The Kier molecular flexibility index (Phi) is 3.57. The Labute approximate surface area is 123 Å². The number of hydrogen-bond acceptors (Lipinski definition) is 3. The van der Waals surface area contributed by atoms with Crippen molar-refractivity contribution in [1.29, 1.82) is 5.26 Å². The van der Waals surface area contributed by atoms with E-state index in [1.165, 1.54) is 0 Å². The van der Waals surface area contributed by atoms with Crippen molar-refractivity contribution in [3.05, 3.63) is 59.7 Å². The van der Waals surface area contributed by atoms with Gasteiger partial charge in [-0.15, -0.1) is 0 Å². The summed E-state index contributed by atoms with van der Waals surface area (Å²) in [5.74, 6) is 0.752. The smallest absolute Gasteiger partial charge is 0.230 e. The summed E-state index contributed by atoms with van der Waals surface area (Å²) in [6.07, 6.45) is 0.354. The van der Waals surface area contributed by atoms with Gasteiger partial charge in [-0.25, -0.2) is 0 Å². The second-order valence-electron chi connectivity index (χ2n) is 4.86. The van der Waals surface area contributed by atoms with Crippen molar-refractivity contribution in [2.24, 2.45) is 0 Å². The minimum atomic E-state index is 0.0299. The second kappa shape index (κ2) is 5.68. The van der Waals surface area contributed by atoms with Crippen molar-refractivity contribution in [3.63, 3.8) is 0 Å². The Morgan fingerprint density at radius 3 is 2.90 bits per heavy atom. The summed E-state index contributed by atoms with van der Waals surface area (Å²) in [5, 5.41) is 8.97. The van der Waals surface area contributed by atoms with Gasteiger partial charge in [0.25, 0.3) is 0 Å². The van der Waals surface area contributed by atoms with Crippen LogP contribution < -0.4 is 9.64 Å². The number of para-hydroxylation sites is 2. The molecule has 0 saturated carbocycles. The normalized spacial score (nSPS) is 13.9. The lowest BCUT2D eigenvalue weighted by molar-refractivity contribution is -0.118. The molecule has 104 valence electrons. The van der Waals surface area contributed by atoms with Gasteiger partial charge in [-0.1, -0.05) is 24.3 Å². The van der Waals surface area contributed by atoms with Gasteiger partial charge in [0, 0.05) is 0 Å². The van der Waals surface area contributed by atoms with Crippen LogP contribution in [-0.2, 0) is 11.3 Å². The molecule has 1 heterocycles. The van der Waals surface area contributed by atoms with Gasteiger partial charge in [0.15, 0.2) is 0 Å². The molecule has 3 rings (SSSR count). The van der Waals surface area contributed by atoms with Crippen molar-refractivity contribution in [1.82, 2.24) is 0 Å². The number of anilines is 1. The van der Waals surface area contributed by atoms with Gasteiger partial charge < -0.3 is 9.64 Å². The maximum absolute atomic E-state index is 12.3. The first kappa shape index (κ1) is 13.2. The van der Waals surface area contributed by atoms with Crippen LogP contribution in [0.3, 0.4) is 0 Å². The van der Waals surface area contributed by atoms with Gasteiger partial charge in [-0.05, 0) is 29.8 Å². The molecule has 1 amide bonds. The molecule has 0 aromatic heterocycles. The number of nitriles is 1. The Balaban J connectivity index is 1.96. The Morgan fingerprint density at radius 1 is 1.19 bits per heavy atom. The number of ether oxygens (including phenoxy) is 1. The minimum Gasteiger partial charge on any atom is -0.491 e. The van der Waals surface area contributed by atoms with Crippen LogP contribution in [0.15, 0.2) is 48.5 Å². The van der Waals surface area contributed by atoms with Crippen LogP contribution >= 0.6 is 0 Å². The number of hydrogen-bond donors (Lipinski definition) is 0. The van der Waals surface area contributed by atoms with E-state index in [-0.39, 0.29) is 5.91 Å². The summed E-state index contributed by atoms with van der Waals surface area (Å²) < 4.78 is 5.62. The van der Waals surface area contributed by atoms with Gasteiger partial charge in [0.05, 0.1) is 36.9 Å². The molecule has 2 aromatic carbocycles. The summed E-state index contributed by atoms with van der Waals surface area (Å²) in [5.41, 5.74) is 2.31. The van der Waals surface area contributed by atoms with Crippen molar-refractivity contribution >= 4 is 11.6 Å². The predicted octanol–water partition coefficient (Wildman–Crippen LogP) is 2.87. The SMILES string of the molecule is N#Cc1cccc(CN2C(=O)CCOc3ccccc32)c1. The van der Waals surface area contributed by atoms with Crippen LogP contribution in [0.4, 0.5) is 5.69 Å².